The highest BCUT2D eigenvalue weighted by Gasteiger charge is 2.27. The standard InChI is InChI=1S/C18H22N2O2S/c1-16-7-5-6-8-17(16)15-23(21,22)20-13-11-19(12-14-20)18-9-3-2-4-10-18/h2-10H,11-15H2,1H3. The molecule has 1 heterocycles. The molecule has 1 fully saturated rings. The molecule has 0 atom stereocenters. The second kappa shape index (κ2) is 6.72. The van der Waals surface area contributed by atoms with Crippen LogP contribution in [0.3, 0.4) is 0 Å². The Balaban J connectivity index is 1.66. The van der Waals surface area contributed by atoms with Crippen LogP contribution in [0.2, 0.25) is 0 Å². The number of hydrogen-bond donors (Lipinski definition) is 0. The van der Waals surface area contributed by atoms with Crippen LogP contribution >= 0.6 is 0 Å². The minimum Gasteiger partial charge on any atom is -0.369 e. The zero-order valence-corrected chi connectivity index (χ0v) is 14.2. The van der Waals surface area contributed by atoms with E-state index < -0.39 is 10.0 Å². The quantitative estimate of drug-likeness (QED) is 0.865. The second-order valence-corrected chi connectivity index (χ2v) is 7.87. The van der Waals surface area contributed by atoms with Crippen LogP contribution in [0.1, 0.15) is 11.1 Å². The Hall–Kier alpha value is -1.85. The molecular formula is C18H22N2O2S. The number of sulfonamides is 1. The summed E-state index contributed by atoms with van der Waals surface area (Å²) in [7, 11) is -3.26. The average Bonchev–Trinajstić information content (AvgIpc) is 2.58. The van der Waals surface area contributed by atoms with E-state index in [4.69, 9.17) is 0 Å². The van der Waals surface area contributed by atoms with Crippen molar-refractivity contribution < 1.29 is 8.42 Å². The zero-order chi connectivity index (χ0) is 16.3. The van der Waals surface area contributed by atoms with Crippen molar-refractivity contribution in [2.24, 2.45) is 0 Å². The van der Waals surface area contributed by atoms with Gasteiger partial charge >= 0.3 is 0 Å². The number of piperazine rings is 1. The molecule has 2 aromatic carbocycles. The monoisotopic (exact) mass is 330 g/mol. The summed E-state index contributed by atoms with van der Waals surface area (Å²) in [5.41, 5.74) is 3.07. The first-order valence-electron chi connectivity index (χ1n) is 7.88. The number of para-hydroxylation sites is 1. The van der Waals surface area contributed by atoms with Crippen molar-refractivity contribution in [3.63, 3.8) is 0 Å². The second-order valence-electron chi connectivity index (χ2n) is 5.90. The van der Waals surface area contributed by atoms with Gasteiger partial charge in [0.1, 0.15) is 0 Å². The Morgan fingerprint density at radius 1 is 0.870 bits per heavy atom. The van der Waals surface area contributed by atoms with Crippen LogP contribution in [-0.4, -0.2) is 38.9 Å². The molecule has 0 spiro atoms. The van der Waals surface area contributed by atoms with Crippen molar-refractivity contribution in [3.05, 3.63) is 65.7 Å². The number of anilines is 1. The van der Waals surface area contributed by atoms with Gasteiger partial charge in [0.05, 0.1) is 5.75 Å². The summed E-state index contributed by atoms with van der Waals surface area (Å²) in [6.45, 7) is 4.51. The van der Waals surface area contributed by atoms with Gasteiger partial charge in [-0.3, -0.25) is 0 Å². The molecule has 1 saturated heterocycles. The van der Waals surface area contributed by atoms with Crippen molar-refractivity contribution in [2.75, 3.05) is 31.1 Å². The molecule has 0 aliphatic carbocycles. The van der Waals surface area contributed by atoms with Crippen molar-refractivity contribution in [3.8, 4) is 0 Å². The highest BCUT2D eigenvalue weighted by molar-refractivity contribution is 7.88. The molecule has 23 heavy (non-hydrogen) atoms. The molecule has 0 bridgehead atoms. The summed E-state index contributed by atoms with van der Waals surface area (Å²) in [6, 6.07) is 17.8. The molecule has 5 heteroatoms. The molecule has 122 valence electrons. The fraction of sp³-hybridized carbons (Fsp3) is 0.333. The average molecular weight is 330 g/mol. The van der Waals surface area contributed by atoms with E-state index in [-0.39, 0.29) is 5.75 Å². The van der Waals surface area contributed by atoms with Crippen LogP contribution in [-0.2, 0) is 15.8 Å². The lowest BCUT2D eigenvalue weighted by Crippen LogP contribution is -2.49. The van der Waals surface area contributed by atoms with Gasteiger partial charge in [0, 0.05) is 31.9 Å². The van der Waals surface area contributed by atoms with E-state index in [0.717, 1.165) is 29.9 Å². The summed E-state index contributed by atoms with van der Waals surface area (Å²) in [4.78, 5) is 2.24. The largest absolute Gasteiger partial charge is 0.369 e. The summed E-state index contributed by atoms with van der Waals surface area (Å²) in [6.07, 6.45) is 0. The topological polar surface area (TPSA) is 40.6 Å². The molecule has 0 radical (unpaired) electrons. The van der Waals surface area contributed by atoms with Crippen LogP contribution in [0.25, 0.3) is 0 Å². The van der Waals surface area contributed by atoms with Crippen molar-refractivity contribution >= 4 is 15.7 Å². The van der Waals surface area contributed by atoms with Crippen LogP contribution in [0.4, 0.5) is 5.69 Å². The van der Waals surface area contributed by atoms with Crippen molar-refractivity contribution in [2.45, 2.75) is 12.7 Å². The lowest BCUT2D eigenvalue weighted by Gasteiger charge is -2.35. The van der Waals surface area contributed by atoms with Gasteiger partial charge < -0.3 is 4.90 Å². The van der Waals surface area contributed by atoms with Gasteiger partial charge in [0.25, 0.3) is 0 Å². The van der Waals surface area contributed by atoms with Crippen molar-refractivity contribution in [1.29, 1.82) is 0 Å². The third-order valence-electron chi connectivity index (χ3n) is 4.35. The van der Waals surface area contributed by atoms with E-state index >= 15 is 0 Å². The lowest BCUT2D eigenvalue weighted by molar-refractivity contribution is 0.384. The number of rotatable bonds is 4. The Morgan fingerprint density at radius 3 is 2.13 bits per heavy atom. The first-order valence-corrected chi connectivity index (χ1v) is 9.49. The zero-order valence-electron chi connectivity index (χ0n) is 13.4. The molecule has 1 aliphatic rings. The third kappa shape index (κ3) is 3.74. The molecule has 0 unspecified atom stereocenters. The fourth-order valence-corrected chi connectivity index (χ4v) is 4.54. The Kier molecular flexibility index (Phi) is 4.68. The van der Waals surface area contributed by atoms with Gasteiger partial charge in [-0.15, -0.1) is 0 Å². The number of aryl methyl sites for hydroxylation is 1. The molecular weight excluding hydrogens is 308 g/mol. The van der Waals surface area contributed by atoms with E-state index in [0.29, 0.717) is 13.1 Å². The van der Waals surface area contributed by atoms with E-state index in [1.165, 1.54) is 0 Å². The molecule has 0 saturated carbocycles. The minimum absolute atomic E-state index is 0.0883. The van der Waals surface area contributed by atoms with Gasteiger partial charge in [-0.05, 0) is 30.2 Å². The molecule has 1 aliphatic heterocycles. The first kappa shape index (κ1) is 16.0. The predicted octanol–water partition coefficient (Wildman–Crippen LogP) is 2.65. The predicted molar refractivity (Wildman–Crippen MR) is 94.0 cm³/mol. The molecule has 3 rings (SSSR count). The molecule has 4 nitrogen and oxygen atoms in total. The SMILES string of the molecule is Cc1ccccc1CS(=O)(=O)N1CCN(c2ccccc2)CC1. The highest BCUT2D eigenvalue weighted by atomic mass is 32.2. The number of benzene rings is 2. The Labute approximate surface area is 138 Å². The highest BCUT2D eigenvalue weighted by Crippen LogP contribution is 2.19. The molecule has 0 N–H and O–H groups in total. The van der Waals surface area contributed by atoms with Gasteiger partial charge in [-0.25, -0.2) is 8.42 Å². The first-order chi connectivity index (χ1) is 11.1. The lowest BCUT2D eigenvalue weighted by atomic mass is 10.1. The summed E-state index contributed by atoms with van der Waals surface area (Å²) in [5, 5.41) is 0. The van der Waals surface area contributed by atoms with E-state index in [2.05, 4.69) is 17.0 Å². The van der Waals surface area contributed by atoms with E-state index in [1.54, 1.807) is 4.31 Å². The maximum atomic E-state index is 12.7. The molecule has 0 amide bonds. The van der Waals surface area contributed by atoms with Crippen molar-refractivity contribution in [1.82, 2.24) is 4.31 Å². The summed E-state index contributed by atoms with van der Waals surface area (Å²) >= 11 is 0. The smallest absolute Gasteiger partial charge is 0.218 e. The van der Waals surface area contributed by atoms with Crippen LogP contribution in [0.15, 0.2) is 54.6 Å². The minimum atomic E-state index is -3.26. The van der Waals surface area contributed by atoms with E-state index in [9.17, 15) is 8.42 Å². The fourth-order valence-electron chi connectivity index (χ4n) is 2.92. The van der Waals surface area contributed by atoms with Gasteiger partial charge in [0.15, 0.2) is 0 Å². The number of hydrogen-bond acceptors (Lipinski definition) is 3. The maximum absolute atomic E-state index is 12.7. The Bertz CT molecular complexity index is 752. The number of nitrogens with zero attached hydrogens (tertiary/aromatic N) is 2. The van der Waals surface area contributed by atoms with Gasteiger partial charge in [-0.1, -0.05) is 42.5 Å². The van der Waals surface area contributed by atoms with Crippen LogP contribution in [0, 0.1) is 6.92 Å². The van der Waals surface area contributed by atoms with Crippen LogP contribution < -0.4 is 4.90 Å². The summed E-state index contributed by atoms with van der Waals surface area (Å²) in [5.74, 6) is 0.0883. The molecule has 2 aromatic rings. The molecule has 0 aromatic heterocycles. The van der Waals surface area contributed by atoms with Gasteiger partial charge in [0.2, 0.25) is 10.0 Å². The summed E-state index contributed by atoms with van der Waals surface area (Å²) < 4.78 is 26.9. The normalized spacial score (nSPS) is 16.5. The maximum Gasteiger partial charge on any atom is 0.218 e. The van der Waals surface area contributed by atoms with Gasteiger partial charge in [-0.2, -0.15) is 4.31 Å². The Morgan fingerprint density at radius 2 is 1.48 bits per heavy atom. The van der Waals surface area contributed by atoms with E-state index in [1.807, 2.05) is 49.4 Å². The third-order valence-corrected chi connectivity index (χ3v) is 6.18. The van der Waals surface area contributed by atoms with Crippen LogP contribution in [0.5, 0.6) is 0 Å².